The highest BCUT2D eigenvalue weighted by molar-refractivity contribution is 8.18. The Bertz CT molecular complexity index is 1370. The summed E-state index contributed by atoms with van der Waals surface area (Å²) in [6, 6.07) is 14.2. The van der Waals surface area contributed by atoms with Crippen molar-refractivity contribution in [3.05, 3.63) is 70.2 Å². The van der Waals surface area contributed by atoms with E-state index in [2.05, 4.69) is 20.0 Å². The molecule has 1 saturated heterocycles. The molecule has 0 radical (unpaired) electrons. The number of amidine groups is 1. The van der Waals surface area contributed by atoms with Crippen molar-refractivity contribution in [1.82, 2.24) is 10.3 Å². The lowest BCUT2D eigenvalue weighted by molar-refractivity contribution is -0.115. The number of nitrogens with one attached hydrogen (secondary N) is 2. The number of benzene rings is 2. The van der Waals surface area contributed by atoms with Crippen LogP contribution in [-0.2, 0) is 14.8 Å². The van der Waals surface area contributed by atoms with E-state index in [4.69, 9.17) is 11.6 Å². The molecule has 0 unspecified atom stereocenters. The molecule has 1 fully saturated rings. The van der Waals surface area contributed by atoms with Crippen molar-refractivity contribution in [3.8, 4) is 0 Å². The largest absolute Gasteiger partial charge is 0.300 e. The molecular formula is C22H19ClN4O3S2. The Morgan fingerprint density at radius 2 is 2.06 bits per heavy atom. The van der Waals surface area contributed by atoms with Crippen molar-refractivity contribution in [3.63, 3.8) is 0 Å². The lowest BCUT2D eigenvalue weighted by Gasteiger charge is -2.08. The Balaban J connectivity index is 1.57. The van der Waals surface area contributed by atoms with Crippen LogP contribution in [0, 0.1) is 0 Å². The predicted molar refractivity (Wildman–Crippen MR) is 132 cm³/mol. The predicted octanol–water partition coefficient (Wildman–Crippen LogP) is 4.93. The average molecular weight is 487 g/mol. The highest BCUT2D eigenvalue weighted by Gasteiger charge is 2.24. The van der Waals surface area contributed by atoms with E-state index in [1.165, 1.54) is 17.8 Å². The molecule has 10 heteroatoms. The van der Waals surface area contributed by atoms with Gasteiger partial charge in [0, 0.05) is 11.6 Å². The van der Waals surface area contributed by atoms with Crippen molar-refractivity contribution in [1.29, 1.82) is 0 Å². The quantitative estimate of drug-likeness (QED) is 0.481. The van der Waals surface area contributed by atoms with Gasteiger partial charge in [0.2, 0.25) is 10.0 Å². The number of aliphatic imine (C=N–C) groups is 1. The first kappa shape index (κ1) is 22.3. The monoisotopic (exact) mass is 486 g/mol. The summed E-state index contributed by atoms with van der Waals surface area (Å²) in [4.78, 5) is 21.6. The summed E-state index contributed by atoms with van der Waals surface area (Å²) < 4.78 is 26.6. The fourth-order valence-electron chi connectivity index (χ4n) is 3.09. The molecule has 32 heavy (non-hydrogen) atoms. The lowest BCUT2D eigenvalue weighted by atomic mass is 10.1. The van der Waals surface area contributed by atoms with Gasteiger partial charge in [-0.2, -0.15) is 0 Å². The van der Waals surface area contributed by atoms with Crippen LogP contribution in [0.25, 0.3) is 17.0 Å². The fraction of sp³-hybridized carbons (Fsp3) is 0.136. The fourth-order valence-corrected chi connectivity index (χ4v) is 5.21. The summed E-state index contributed by atoms with van der Waals surface area (Å²) in [6.07, 6.45) is 4.02. The van der Waals surface area contributed by atoms with E-state index in [9.17, 15) is 13.2 Å². The molecule has 2 N–H and O–H groups in total. The Morgan fingerprint density at radius 1 is 1.22 bits per heavy atom. The number of halogens is 1. The van der Waals surface area contributed by atoms with Crippen LogP contribution in [-0.4, -0.2) is 30.2 Å². The number of hydrogen-bond donors (Lipinski definition) is 2. The Hall–Kier alpha value is -2.88. The summed E-state index contributed by atoms with van der Waals surface area (Å²) in [6.45, 7) is 1.79. The topological polar surface area (TPSA) is 101 Å². The average Bonchev–Trinajstić information content (AvgIpc) is 3.08. The van der Waals surface area contributed by atoms with Crippen molar-refractivity contribution in [2.75, 3.05) is 10.5 Å². The summed E-state index contributed by atoms with van der Waals surface area (Å²) in [7, 11) is -3.44. The first-order valence-electron chi connectivity index (χ1n) is 9.77. The summed E-state index contributed by atoms with van der Waals surface area (Å²) >= 11 is 7.43. The van der Waals surface area contributed by atoms with Crippen LogP contribution in [0.4, 0.5) is 11.4 Å². The number of amides is 1. The molecule has 1 aromatic heterocycles. The van der Waals surface area contributed by atoms with Crippen molar-refractivity contribution in [2.24, 2.45) is 4.99 Å². The zero-order valence-electron chi connectivity index (χ0n) is 17.0. The molecule has 2 heterocycles. The number of carbonyl (C=O) groups is 1. The summed E-state index contributed by atoms with van der Waals surface area (Å²) in [5, 5.41) is 4.40. The van der Waals surface area contributed by atoms with Crippen LogP contribution in [0.1, 0.15) is 18.9 Å². The van der Waals surface area contributed by atoms with Gasteiger partial charge in [-0.05, 0) is 66.2 Å². The second-order valence-corrected chi connectivity index (χ2v) is 10.3. The van der Waals surface area contributed by atoms with E-state index >= 15 is 0 Å². The van der Waals surface area contributed by atoms with E-state index < -0.39 is 10.0 Å². The number of hydrogen-bond acceptors (Lipinski definition) is 6. The van der Waals surface area contributed by atoms with E-state index in [-0.39, 0.29) is 11.7 Å². The zero-order valence-corrected chi connectivity index (χ0v) is 19.4. The first-order chi connectivity index (χ1) is 15.3. The van der Waals surface area contributed by atoms with Crippen LogP contribution in [0.15, 0.2) is 64.6 Å². The number of anilines is 1. The van der Waals surface area contributed by atoms with E-state index in [1.54, 1.807) is 31.3 Å². The van der Waals surface area contributed by atoms with Gasteiger partial charge in [-0.1, -0.05) is 30.7 Å². The van der Waals surface area contributed by atoms with E-state index in [0.29, 0.717) is 32.9 Å². The number of rotatable bonds is 6. The number of nitrogens with zero attached hydrogens (tertiary/aromatic N) is 2. The summed E-state index contributed by atoms with van der Waals surface area (Å²) in [5.74, 6) is -0.249. The standard InChI is InChI=1S/C22H19ClN4O3S2/c1-2-10-32(29,30)27-16-6-7-17(23)19(13-16)25-22-26-21(28)20(31-22)12-14-5-8-18-15(11-14)4-3-9-24-18/h3-9,11-13,27H,2,10H2,1H3,(H,25,26,28). The van der Waals surface area contributed by atoms with Gasteiger partial charge in [-0.3, -0.25) is 14.5 Å². The van der Waals surface area contributed by atoms with E-state index in [0.717, 1.165) is 16.5 Å². The van der Waals surface area contributed by atoms with Gasteiger partial charge in [0.15, 0.2) is 5.17 Å². The van der Waals surface area contributed by atoms with Gasteiger partial charge >= 0.3 is 0 Å². The number of pyridine rings is 1. The minimum atomic E-state index is -3.44. The van der Waals surface area contributed by atoms with Crippen molar-refractivity contribution < 1.29 is 13.2 Å². The Labute approximate surface area is 195 Å². The third-order valence-corrected chi connectivity index (χ3v) is 7.21. The van der Waals surface area contributed by atoms with Crippen molar-refractivity contribution >= 4 is 72.8 Å². The Kier molecular flexibility index (Phi) is 6.50. The maximum atomic E-state index is 12.4. The minimum Gasteiger partial charge on any atom is -0.300 e. The minimum absolute atomic E-state index is 0.0182. The maximum Gasteiger partial charge on any atom is 0.264 e. The summed E-state index contributed by atoms with van der Waals surface area (Å²) in [5.41, 5.74) is 2.46. The van der Waals surface area contributed by atoms with Gasteiger partial charge in [0.1, 0.15) is 0 Å². The van der Waals surface area contributed by atoms with Crippen LogP contribution >= 0.6 is 23.4 Å². The zero-order chi connectivity index (χ0) is 22.7. The number of aromatic nitrogens is 1. The van der Waals surface area contributed by atoms with Gasteiger partial charge in [-0.25, -0.2) is 13.4 Å². The van der Waals surface area contributed by atoms with Crippen LogP contribution < -0.4 is 10.0 Å². The van der Waals surface area contributed by atoms with Gasteiger partial charge in [0.05, 0.1) is 32.6 Å². The van der Waals surface area contributed by atoms with Crippen molar-refractivity contribution in [2.45, 2.75) is 13.3 Å². The second-order valence-electron chi connectivity index (χ2n) is 7.02. The van der Waals surface area contributed by atoms with Gasteiger partial charge in [-0.15, -0.1) is 0 Å². The number of carbonyl (C=O) groups excluding carboxylic acids is 1. The van der Waals surface area contributed by atoms with E-state index in [1.807, 2.05) is 30.3 Å². The molecule has 0 spiro atoms. The lowest BCUT2D eigenvalue weighted by Crippen LogP contribution is -2.19. The molecule has 0 saturated carbocycles. The maximum absolute atomic E-state index is 12.4. The molecule has 164 valence electrons. The Morgan fingerprint density at radius 3 is 2.88 bits per heavy atom. The molecule has 0 bridgehead atoms. The highest BCUT2D eigenvalue weighted by atomic mass is 35.5. The molecule has 7 nitrogen and oxygen atoms in total. The molecule has 1 aliphatic rings. The normalized spacial score (nSPS) is 16.6. The molecule has 4 rings (SSSR count). The molecular weight excluding hydrogens is 468 g/mol. The molecule has 1 aliphatic heterocycles. The highest BCUT2D eigenvalue weighted by Crippen LogP contribution is 2.33. The smallest absolute Gasteiger partial charge is 0.264 e. The van der Waals surface area contributed by atoms with Crippen LogP contribution in [0.3, 0.4) is 0 Å². The first-order valence-corrected chi connectivity index (χ1v) is 12.6. The molecule has 2 aromatic carbocycles. The number of fused-ring (bicyclic) bond motifs is 1. The molecule has 1 amide bonds. The van der Waals surface area contributed by atoms with Crippen LogP contribution in [0.5, 0.6) is 0 Å². The molecule has 0 atom stereocenters. The van der Waals surface area contributed by atoms with Gasteiger partial charge < -0.3 is 5.32 Å². The molecule has 0 aliphatic carbocycles. The number of thioether (sulfide) groups is 1. The molecule has 3 aromatic rings. The third kappa shape index (κ3) is 5.29. The third-order valence-electron chi connectivity index (χ3n) is 4.49. The SMILES string of the molecule is CCCS(=O)(=O)Nc1ccc(Cl)c(N=C2NC(=O)C(=Cc3ccc4ncccc4c3)S2)c1. The van der Waals surface area contributed by atoms with Gasteiger partial charge in [0.25, 0.3) is 5.91 Å². The number of sulfonamides is 1. The second kappa shape index (κ2) is 9.32. The van der Waals surface area contributed by atoms with Crippen LogP contribution in [0.2, 0.25) is 5.02 Å².